The number of hydrogen-bond acceptors (Lipinski definition) is 16. The van der Waals surface area contributed by atoms with Crippen molar-refractivity contribution in [2.75, 3.05) is 35.3 Å². The number of ether oxygens (including phenoxy) is 8. The third-order valence-corrected chi connectivity index (χ3v) is 13.5. The number of carbonyl (C=O) groups excluding carboxylic acids is 3. The average molecular weight is 911 g/mol. The van der Waals surface area contributed by atoms with Crippen LogP contribution in [0.2, 0.25) is 0 Å². The van der Waals surface area contributed by atoms with E-state index < -0.39 is 103 Å². The maximum absolute atomic E-state index is 13.6. The lowest BCUT2D eigenvalue weighted by molar-refractivity contribution is -0.302. The lowest BCUT2D eigenvalue weighted by Crippen LogP contribution is -2.63. The molecule has 0 aromatic heterocycles. The molecule has 0 aromatic carbocycles. The van der Waals surface area contributed by atoms with E-state index in [4.69, 9.17) is 37.9 Å². The van der Waals surface area contributed by atoms with E-state index >= 15 is 0 Å². The fraction of sp³-hybridized carbons (Fsp3) is 0.854. The number of esters is 2. The summed E-state index contributed by atoms with van der Waals surface area (Å²) in [7, 11) is 9.24. The van der Waals surface area contributed by atoms with Gasteiger partial charge in [0.25, 0.3) is 0 Å². The van der Waals surface area contributed by atoms with E-state index in [9.17, 15) is 29.7 Å². The minimum absolute atomic E-state index is 0.0158. The molecule has 3 heterocycles. The van der Waals surface area contributed by atoms with Crippen LogP contribution in [0.25, 0.3) is 0 Å². The highest BCUT2D eigenvalue weighted by atomic mass is 16.7. The van der Waals surface area contributed by atoms with Crippen LogP contribution in [0.1, 0.15) is 113 Å². The van der Waals surface area contributed by atoms with Crippen LogP contribution in [0.3, 0.4) is 0 Å². The van der Waals surface area contributed by atoms with E-state index in [0.717, 1.165) is 12.7 Å². The predicted octanol–water partition coefficient (Wildman–Crippen LogP) is 4.34. The first kappa shape index (κ1) is 54.3. The van der Waals surface area contributed by atoms with Crippen LogP contribution in [-0.4, -0.2) is 176 Å². The van der Waals surface area contributed by atoms with Gasteiger partial charge in [-0.15, -0.1) is 0 Å². The van der Waals surface area contributed by atoms with Crippen molar-refractivity contribution in [3.8, 4) is 0 Å². The van der Waals surface area contributed by atoms with Gasteiger partial charge in [0.05, 0.1) is 60.8 Å². The molecule has 3 aliphatic heterocycles. The van der Waals surface area contributed by atoms with E-state index in [2.05, 4.69) is 25.9 Å². The van der Waals surface area contributed by atoms with Gasteiger partial charge in [0.15, 0.2) is 12.6 Å². The zero-order valence-corrected chi connectivity index (χ0v) is 40.6. The first-order valence-corrected chi connectivity index (χ1v) is 23.6. The number of cyclic esters (lactones) is 1. The monoisotopic (exact) mass is 911 g/mol. The molecule has 19 atom stereocenters. The number of hydrogen-bond donors (Lipinski definition) is 3. The molecule has 0 aromatic rings. The van der Waals surface area contributed by atoms with E-state index in [1.165, 1.54) is 7.11 Å². The first-order valence-electron chi connectivity index (χ1n) is 23.6. The van der Waals surface area contributed by atoms with Crippen molar-refractivity contribution < 1.29 is 67.6 Å². The number of aliphatic hydroxyl groups is 3. The fourth-order valence-corrected chi connectivity index (χ4v) is 9.97. The van der Waals surface area contributed by atoms with Crippen molar-refractivity contribution in [1.82, 2.24) is 9.80 Å². The molecule has 1 saturated carbocycles. The number of nitrogens with zero attached hydrogens (tertiary/aromatic N) is 2. The normalized spacial score (nSPS) is 43.0. The maximum atomic E-state index is 13.6. The standard InChI is InChI=1S/C48H82N2O14/c1-13-17-38(52)61-37-26-39(53)58-30(4)18-15-14-16-19-35(62-40-25-34(49(8)9)24-31(5)59-40)28(2)22-33(20-21-51)45(46(37)57-12)63-36-23-29(3)44(42(43(36)54)50(10)11)64-41-27-48(7,56)47(55)32(6)60-41/h14-16,19,21,28-37,40-47,54-56H,13,17-18,20,22-27H2,1-12H3/b15-14+,19-16+/t28-,29+,30-,31+,32-,33+,34+,35+,36+,37+,40+,41-,42-,43-,44+,45-,46-,47+,48+/m1/s1. The molecule has 16 heteroatoms. The molecular formula is C48H82N2O14. The third kappa shape index (κ3) is 15.1. The molecule has 4 aliphatic rings. The summed E-state index contributed by atoms with van der Waals surface area (Å²) in [5.41, 5.74) is -1.45. The predicted molar refractivity (Wildman–Crippen MR) is 239 cm³/mol. The molecule has 0 bridgehead atoms. The average Bonchev–Trinajstić information content (AvgIpc) is 3.19. The second kappa shape index (κ2) is 25.1. The number of likely N-dealkylation sites (N-methyl/N-ethyl adjacent to an activating group) is 1. The van der Waals surface area contributed by atoms with Crippen molar-refractivity contribution in [1.29, 1.82) is 0 Å². The zero-order valence-electron chi connectivity index (χ0n) is 40.6. The molecule has 64 heavy (non-hydrogen) atoms. The van der Waals surface area contributed by atoms with Gasteiger partial charge in [-0.2, -0.15) is 0 Å². The minimum Gasteiger partial charge on any atom is -0.462 e. The van der Waals surface area contributed by atoms with E-state index in [1.807, 2.05) is 64.1 Å². The van der Waals surface area contributed by atoms with Gasteiger partial charge >= 0.3 is 11.9 Å². The molecule has 3 N–H and O–H groups in total. The summed E-state index contributed by atoms with van der Waals surface area (Å²) < 4.78 is 51.0. The maximum Gasteiger partial charge on any atom is 0.309 e. The Bertz CT molecular complexity index is 1510. The Morgan fingerprint density at radius 3 is 2.22 bits per heavy atom. The number of aliphatic hydroxyl groups excluding tert-OH is 2. The Labute approximate surface area is 382 Å². The van der Waals surface area contributed by atoms with Gasteiger partial charge in [-0.25, -0.2) is 0 Å². The summed E-state index contributed by atoms with van der Waals surface area (Å²) in [5, 5.41) is 33.9. The van der Waals surface area contributed by atoms with Crippen molar-refractivity contribution in [2.24, 2.45) is 17.8 Å². The minimum atomic E-state index is -1.45. The number of rotatable bonds is 14. The molecule has 1 aliphatic carbocycles. The van der Waals surface area contributed by atoms with Gasteiger partial charge in [-0.3, -0.25) is 9.59 Å². The summed E-state index contributed by atoms with van der Waals surface area (Å²) in [6, 6.07) is -0.366. The summed E-state index contributed by atoms with van der Waals surface area (Å²) in [5.74, 6) is -2.14. The van der Waals surface area contributed by atoms with E-state index in [0.29, 0.717) is 32.1 Å². The molecule has 0 unspecified atom stereocenters. The molecule has 0 amide bonds. The van der Waals surface area contributed by atoms with Gasteiger partial charge in [-0.1, -0.05) is 45.1 Å². The van der Waals surface area contributed by atoms with Crippen LogP contribution in [0.15, 0.2) is 24.3 Å². The Balaban J connectivity index is 1.77. The largest absolute Gasteiger partial charge is 0.462 e. The number of allylic oxidation sites excluding steroid dienone is 2. The van der Waals surface area contributed by atoms with Crippen molar-refractivity contribution >= 4 is 18.2 Å². The number of methoxy groups -OCH3 is 1. The zero-order chi connectivity index (χ0) is 47.5. The van der Waals surface area contributed by atoms with Crippen molar-refractivity contribution in [3.63, 3.8) is 0 Å². The SMILES string of the molecule is CCCC(=O)O[C@H]1CC(=O)O[C@H](C)C/C=C/C=C/[C@H](O[C@H]2C[C@@H](N(C)C)C[C@H](C)O2)[C@H](C)C[C@H](CC=O)[C@@H](O[C@H]2C[C@H](C)[C@H](O[C@@H]3C[C@](C)(O)[C@@H](O)[C@@H](C)O3)[C@H](N(C)C)[C@@H]2O)[C@@H]1OC. The summed E-state index contributed by atoms with van der Waals surface area (Å²) in [4.78, 5) is 43.7. The molecule has 16 nitrogen and oxygen atoms in total. The fourth-order valence-electron chi connectivity index (χ4n) is 9.97. The number of carbonyl (C=O) groups is 3. The molecule has 4 rings (SSSR count). The Hall–Kier alpha value is -2.35. The summed E-state index contributed by atoms with van der Waals surface area (Å²) >= 11 is 0. The molecule has 368 valence electrons. The van der Waals surface area contributed by atoms with Crippen molar-refractivity contribution in [2.45, 2.75) is 210 Å². The second-order valence-electron chi connectivity index (χ2n) is 19.6. The molecule has 2 saturated heterocycles. The molecule has 0 radical (unpaired) electrons. The lowest BCUT2D eigenvalue weighted by Gasteiger charge is -2.50. The highest BCUT2D eigenvalue weighted by Gasteiger charge is 2.51. The van der Waals surface area contributed by atoms with Gasteiger partial charge in [0.2, 0.25) is 0 Å². The Morgan fingerprint density at radius 1 is 0.875 bits per heavy atom. The summed E-state index contributed by atoms with van der Waals surface area (Å²) in [6.07, 6.45) is 1.67. The van der Waals surface area contributed by atoms with Crippen LogP contribution >= 0.6 is 0 Å². The Morgan fingerprint density at radius 2 is 1.59 bits per heavy atom. The van der Waals surface area contributed by atoms with Crippen LogP contribution in [0.5, 0.6) is 0 Å². The molecule has 3 fully saturated rings. The van der Waals surface area contributed by atoms with Crippen LogP contribution in [-0.2, 0) is 52.3 Å². The van der Waals surface area contributed by atoms with Crippen LogP contribution < -0.4 is 0 Å². The highest BCUT2D eigenvalue weighted by molar-refractivity contribution is 5.73. The van der Waals surface area contributed by atoms with E-state index in [-0.39, 0.29) is 49.7 Å². The van der Waals surface area contributed by atoms with Gasteiger partial charge < -0.3 is 67.8 Å². The van der Waals surface area contributed by atoms with Crippen LogP contribution in [0, 0.1) is 17.8 Å². The smallest absolute Gasteiger partial charge is 0.309 e. The van der Waals surface area contributed by atoms with Crippen LogP contribution in [0.4, 0.5) is 0 Å². The molecule has 0 spiro atoms. The second-order valence-corrected chi connectivity index (χ2v) is 19.6. The lowest BCUT2D eigenvalue weighted by atomic mass is 9.78. The third-order valence-electron chi connectivity index (χ3n) is 13.5. The van der Waals surface area contributed by atoms with E-state index in [1.54, 1.807) is 20.8 Å². The number of aldehydes is 1. The molecular weight excluding hydrogens is 829 g/mol. The van der Waals surface area contributed by atoms with Gasteiger partial charge in [0, 0.05) is 45.3 Å². The quantitative estimate of drug-likeness (QED) is 0.165. The first-order chi connectivity index (χ1) is 30.2. The highest BCUT2D eigenvalue weighted by Crippen LogP contribution is 2.40. The summed E-state index contributed by atoms with van der Waals surface area (Å²) in [6.45, 7) is 13.0. The van der Waals surface area contributed by atoms with Gasteiger partial charge in [-0.05, 0) is 99.3 Å². The Kier molecular flexibility index (Phi) is 21.3. The van der Waals surface area contributed by atoms with Gasteiger partial charge in [0.1, 0.15) is 30.7 Å². The topological polar surface area (TPSA) is 192 Å². The van der Waals surface area contributed by atoms with Crippen molar-refractivity contribution in [3.05, 3.63) is 24.3 Å².